The molecule has 0 bridgehead atoms. The summed E-state index contributed by atoms with van der Waals surface area (Å²) in [5.74, 6) is -0.238. The van der Waals surface area contributed by atoms with Crippen molar-refractivity contribution >= 4 is 22.6 Å². The second kappa shape index (κ2) is 5.86. The molecule has 2 N–H and O–H groups in total. The molecular formula is C19H13ClFN3O. The van der Waals surface area contributed by atoms with Gasteiger partial charge in [0.05, 0.1) is 10.7 Å². The Morgan fingerprint density at radius 2 is 1.84 bits per heavy atom. The Kier molecular flexibility index (Phi) is 3.66. The standard InChI is InChI=1S/C19H13ClFN3O/c1-10-8-11(3-7-17(10)25)16-6-4-13-18(23-24-19(13)22-16)12-2-5-14(20)15(21)9-12/h2-9,25H,1H3,(H,22,23,24). The molecule has 0 saturated carbocycles. The number of rotatable bonds is 2. The number of aromatic hydroxyl groups is 1. The zero-order valence-corrected chi connectivity index (χ0v) is 14.0. The molecule has 0 atom stereocenters. The van der Waals surface area contributed by atoms with Crippen molar-refractivity contribution in [2.75, 3.05) is 0 Å². The van der Waals surface area contributed by atoms with Crippen molar-refractivity contribution in [3.05, 3.63) is 64.9 Å². The summed E-state index contributed by atoms with van der Waals surface area (Å²) in [6.45, 7) is 1.83. The number of nitrogens with one attached hydrogen (secondary N) is 1. The van der Waals surface area contributed by atoms with E-state index in [4.69, 9.17) is 11.6 Å². The normalized spacial score (nSPS) is 11.2. The average molecular weight is 354 g/mol. The number of hydrogen-bond donors (Lipinski definition) is 2. The Labute approximate surface area is 147 Å². The number of phenolic OH excluding ortho intramolecular Hbond substituents is 1. The fourth-order valence-electron chi connectivity index (χ4n) is 2.74. The zero-order chi connectivity index (χ0) is 17.6. The van der Waals surface area contributed by atoms with Crippen LogP contribution in [0, 0.1) is 12.7 Å². The van der Waals surface area contributed by atoms with Crippen LogP contribution in [0.25, 0.3) is 33.5 Å². The maximum atomic E-state index is 13.7. The second-order valence-electron chi connectivity index (χ2n) is 5.80. The topological polar surface area (TPSA) is 61.8 Å². The van der Waals surface area contributed by atoms with Gasteiger partial charge in [-0.25, -0.2) is 9.37 Å². The number of fused-ring (bicyclic) bond motifs is 1. The van der Waals surface area contributed by atoms with Crippen molar-refractivity contribution < 1.29 is 9.50 Å². The van der Waals surface area contributed by atoms with E-state index in [9.17, 15) is 9.50 Å². The predicted molar refractivity (Wildman–Crippen MR) is 96.1 cm³/mol. The summed E-state index contributed by atoms with van der Waals surface area (Å²) >= 11 is 5.74. The molecule has 4 nitrogen and oxygen atoms in total. The van der Waals surface area contributed by atoms with Crippen molar-refractivity contribution in [1.29, 1.82) is 0 Å². The van der Waals surface area contributed by atoms with Crippen LogP contribution in [-0.4, -0.2) is 20.3 Å². The summed E-state index contributed by atoms with van der Waals surface area (Å²) in [6, 6.07) is 13.7. The first-order valence-electron chi connectivity index (χ1n) is 7.63. The van der Waals surface area contributed by atoms with Crippen LogP contribution in [0.15, 0.2) is 48.5 Å². The highest BCUT2D eigenvalue weighted by Gasteiger charge is 2.12. The average Bonchev–Trinajstić information content (AvgIpc) is 3.03. The first kappa shape index (κ1) is 15.6. The molecule has 2 heterocycles. The Balaban J connectivity index is 1.81. The molecule has 124 valence electrons. The van der Waals surface area contributed by atoms with Crippen LogP contribution < -0.4 is 0 Å². The van der Waals surface area contributed by atoms with Crippen molar-refractivity contribution in [3.63, 3.8) is 0 Å². The summed E-state index contributed by atoms with van der Waals surface area (Å²) < 4.78 is 13.7. The summed E-state index contributed by atoms with van der Waals surface area (Å²) in [5, 5.41) is 17.7. The highest BCUT2D eigenvalue weighted by Crippen LogP contribution is 2.30. The monoisotopic (exact) mass is 353 g/mol. The summed E-state index contributed by atoms with van der Waals surface area (Å²) in [6.07, 6.45) is 0. The zero-order valence-electron chi connectivity index (χ0n) is 13.2. The molecule has 25 heavy (non-hydrogen) atoms. The number of pyridine rings is 1. The van der Waals surface area contributed by atoms with Gasteiger partial charge in [-0.15, -0.1) is 0 Å². The third-order valence-electron chi connectivity index (χ3n) is 4.11. The largest absolute Gasteiger partial charge is 0.508 e. The minimum atomic E-state index is -0.487. The number of H-pyrrole nitrogens is 1. The van der Waals surface area contributed by atoms with Crippen molar-refractivity contribution in [1.82, 2.24) is 15.2 Å². The SMILES string of the molecule is Cc1cc(-c2ccc3c(-c4ccc(Cl)c(F)c4)n[nH]c3n2)ccc1O. The Morgan fingerprint density at radius 1 is 1.04 bits per heavy atom. The predicted octanol–water partition coefficient (Wildman–Crippen LogP) is 5.10. The third kappa shape index (κ3) is 2.72. The van der Waals surface area contributed by atoms with E-state index >= 15 is 0 Å². The number of halogens is 2. The molecule has 4 rings (SSSR count). The lowest BCUT2D eigenvalue weighted by atomic mass is 10.1. The lowest BCUT2D eigenvalue weighted by Crippen LogP contribution is -1.86. The quantitative estimate of drug-likeness (QED) is 0.527. The molecule has 0 aliphatic heterocycles. The molecule has 0 fully saturated rings. The van der Waals surface area contributed by atoms with E-state index in [0.29, 0.717) is 16.9 Å². The van der Waals surface area contributed by atoms with E-state index < -0.39 is 5.82 Å². The lowest BCUT2D eigenvalue weighted by Gasteiger charge is -2.04. The highest BCUT2D eigenvalue weighted by molar-refractivity contribution is 6.30. The van der Waals surface area contributed by atoms with Crippen molar-refractivity contribution in [2.45, 2.75) is 6.92 Å². The molecule has 0 aliphatic rings. The fourth-order valence-corrected chi connectivity index (χ4v) is 2.86. The molecule has 0 unspecified atom stereocenters. The molecule has 2 aromatic heterocycles. The van der Waals surface area contributed by atoms with Crippen LogP contribution in [0.5, 0.6) is 5.75 Å². The number of phenols is 1. The fraction of sp³-hybridized carbons (Fsp3) is 0.0526. The van der Waals surface area contributed by atoms with E-state index in [1.165, 1.54) is 12.1 Å². The molecular weight excluding hydrogens is 341 g/mol. The second-order valence-corrected chi connectivity index (χ2v) is 6.20. The molecule has 6 heteroatoms. The van der Waals surface area contributed by atoms with Gasteiger partial charge < -0.3 is 5.11 Å². The van der Waals surface area contributed by atoms with Crippen LogP contribution in [0.1, 0.15) is 5.56 Å². The molecule has 0 saturated heterocycles. The van der Waals surface area contributed by atoms with Gasteiger partial charge in [-0.05, 0) is 55.0 Å². The van der Waals surface area contributed by atoms with Gasteiger partial charge in [0, 0.05) is 16.5 Å². The minimum Gasteiger partial charge on any atom is -0.508 e. The number of aromatic nitrogens is 3. The minimum absolute atomic E-state index is 0.0757. The Bertz CT molecular complexity index is 1110. The van der Waals surface area contributed by atoms with Gasteiger partial charge >= 0.3 is 0 Å². The molecule has 0 spiro atoms. The molecule has 0 aliphatic carbocycles. The lowest BCUT2D eigenvalue weighted by molar-refractivity contribution is 0.471. The molecule has 4 aromatic rings. The van der Waals surface area contributed by atoms with Gasteiger partial charge in [0.15, 0.2) is 5.65 Å². The summed E-state index contributed by atoms with van der Waals surface area (Å²) in [7, 11) is 0. The van der Waals surface area contributed by atoms with Crippen LogP contribution in [-0.2, 0) is 0 Å². The van der Waals surface area contributed by atoms with Gasteiger partial charge in [-0.3, -0.25) is 5.10 Å². The Morgan fingerprint density at radius 3 is 2.60 bits per heavy atom. The number of benzene rings is 2. The summed E-state index contributed by atoms with van der Waals surface area (Å²) in [4.78, 5) is 4.58. The number of aromatic amines is 1. The van der Waals surface area contributed by atoms with Gasteiger partial charge in [-0.2, -0.15) is 5.10 Å². The highest BCUT2D eigenvalue weighted by atomic mass is 35.5. The number of aryl methyl sites for hydroxylation is 1. The third-order valence-corrected chi connectivity index (χ3v) is 4.42. The first-order valence-corrected chi connectivity index (χ1v) is 8.01. The van der Waals surface area contributed by atoms with Crippen LogP contribution in [0.3, 0.4) is 0 Å². The van der Waals surface area contributed by atoms with Gasteiger partial charge in [0.1, 0.15) is 17.3 Å². The van der Waals surface area contributed by atoms with Gasteiger partial charge in [0.25, 0.3) is 0 Å². The molecule has 0 radical (unpaired) electrons. The first-order chi connectivity index (χ1) is 12.0. The van der Waals surface area contributed by atoms with E-state index in [-0.39, 0.29) is 10.8 Å². The van der Waals surface area contributed by atoms with E-state index in [1.54, 1.807) is 12.1 Å². The van der Waals surface area contributed by atoms with E-state index in [1.807, 2.05) is 31.2 Å². The van der Waals surface area contributed by atoms with E-state index in [0.717, 1.165) is 22.2 Å². The van der Waals surface area contributed by atoms with Crippen LogP contribution in [0.4, 0.5) is 4.39 Å². The summed E-state index contributed by atoms with van der Waals surface area (Å²) in [5.41, 5.74) is 4.28. The smallest absolute Gasteiger partial charge is 0.156 e. The van der Waals surface area contributed by atoms with Crippen LogP contribution >= 0.6 is 11.6 Å². The van der Waals surface area contributed by atoms with E-state index in [2.05, 4.69) is 15.2 Å². The maximum Gasteiger partial charge on any atom is 0.156 e. The maximum absolute atomic E-state index is 13.7. The number of hydrogen-bond acceptors (Lipinski definition) is 3. The van der Waals surface area contributed by atoms with Gasteiger partial charge in [0.2, 0.25) is 0 Å². The van der Waals surface area contributed by atoms with Crippen molar-refractivity contribution in [3.8, 4) is 28.3 Å². The molecule has 2 aromatic carbocycles. The van der Waals surface area contributed by atoms with Crippen molar-refractivity contribution in [2.24, 2.45) is 0 Å². The number of nitrogens with zero attached hydrogens (tertiary/aromatic N) is 2. The van der Waals surface area contributed by atoms with Crippen LogP contribution in [0.2, 0.25) is 5.02 Å². The Hall–Kier alpha value is -2.92. The van der Waals surface area contributed by atoms with Gasteiger partial charge in [-0.1, -0.05) is 17.7 Å². The molecule has 0 amide bonds.